The van der Waals surface area contributed by atoms with Gasteiger partial charge in [0.15, 0.2) is 5.78 Å². The number of carbonyl (C=O) groups is 5. The van der Waals surface area contributed by atoms with Crippen molar-refractivity contribution in [2.45, 2.75) is 121 Å². The number of Topliss-reactive ketones (excluding diaryl/α,β-unsaturated/α-hetero) is 1. The summed E-state index contributed by atoms with van der Waals surface area (Å²) in [5.74, 6) is -1.72. The molecule has 64 heavy (non-hydrogen) atoms. The highest BCUT2D eigenvalue weighted by Gasteiger charge is 2.43. The summed E-state index contributed by atoms with van der Waals surface area (Å²) in [5, 5.41) is 2.36. The van der Waals surface area contributed by atoms with E-state index in [-0.39, 0.29) is 54.6 Å². The molecule has 0 radical (unpaired) electrons. The van der Waals surface area contributed by atoms with E-state index < -0.39 is 29.9 Å². The van der Waals surface area contributed by atoms with Crippen molar-refractivity contribution in [2.75, 3.05) is 31.3 Å². The van der Waals surface area contributed by atoms with Crippen molar-refractivity contribution in [3.63, 3.8) is 0 Å². The van der Waals surface area contributed by atoms with Gasteiger partial charge >= 0.3 is 5.69 Å². The van der Waals surface area contributed by atoms with Gasteiger partial charge in [0.1, 0.15) is 6.04 Å². The van der Waals surface area contributed by atoms with Gasteiger partial charge in [-0.05, 0) is 105 Å². The van der Waals surface area contributed by atoms with Crippen LogP contribution < -0.4 is 27.4 Å². The third-order valence-corrected chi connectivity index (χ3v) is 13.0. The Hall–Kier alpha value is -5.48. The number of benzene rings is 3. The van der Waals surface area contributed by atoms with Crippen molar-refractivity contribution in [1.82, 2.24) is 14.5 Å². The Morgan fingerprint density at radius 1 is 0.844 bits per heavy atom. The Morgan fingerprint density at radius 3 is 2.27 bits per heavy atom. The standard InChI is InChI=1S/C49H62N6O9/c1-31(36(19-22-43(51)57)29-42(56)41-28-37-11-3-9-35-18-20-38(50)48(60)55(41)45(35)37)64-30-33-16-14-32(15-17-33)8-5-24-62-26-7-27-63-25-6-12-34-10-4-13-39-46(34)53(2)49(61)54(39)40-21-23-44(58)52-47(40)59/h3-4,9-11,13-17,31,36,38,40-41H,5-8,12,18-30,50H2,1-2H3,(H2,51,57)(H,52,58,59)/t31-,36-,38+,40?,41+/m1/s1. The highest BCUT2D eigenvalue weighted by molar-refractivity contribution is 6.07. The van der Waals surface area contributed by atoms with Gasteiger partial charge in [-0.2, -0.15) is 0 Å². The first-order valence-corrected chi connectivity index (χ1v) is 22.8. The van der Waals surface area contributed by atoms with E-state index >= 15 is 0 Å². The fourth-order valence-corrected chi connectivity index (χ4v) is 9.46. The van der Waals surface area contributed by atoms with Gasteiger partial charge in [0.25, 0.3) is 0 Å². The van der Waals surface area contributed by atoms with Gasteiger partial charge in [-0.1, -0.05) is 54.6 Å². The van der Waals surface area contributed by atoms with Crippen LogP contribution in [0.1, 0.15) is 98.6 Å². The second-order valence-electron chi connectivity index (χ2n) is 17.5. The maximum absolute atomic E-state index is 14.0. The molecule has 1 saturated heterocycles. The number of hydrogen-bond acceptors (Lipinski definition) is 10. The van der Waals surface area contributed by atoms with Crippen LogP contribution in [0, 0.1) is 5.92 Å². The van der Waals surface area contributed by atoms with Crippen LogP contribution in [0.4, 0.5) is 5.69 Å². The zero-order chi connectivity index (χ0) is 45.3. The highest BCUT2D eigenvalue weighted by Crippen LogP contribution is 2.40. The largest absolute Gasteiger partial charge is 0.381 e. The zero-order valence-electron chi connectivity index (χ0n) is 37.1. The second-order valence-corrected chi connectivity index (χ2v) is 17.5. The fourth-order valence-electron chi connectivity index (χ4n) is 9.46. The first-order chi connectivity index (χ1) is 30.9. The van der Waals surface area contributed by atoms with E-state index in [2.05, 4.69) is 17.4 Å². The van der Waals surface area contributed by atoms with Gasteiger partial charge in [0, 0.05) is 59.2 Å². The van der Waals surface area contributed by atoms with Crippen molar-refractivity contribution in [3.8, 4) is 0 Å². The number of ether oxygens (including phenoxy) is 3. The number of nitrogens with one attached hydrogen (secondary N) is 1. The molecule has 1 aromatic heterocycles. The molecule has 0 bridgehead atoms. The number of amides is 4. The molecule has 3 aliphatic rings. The summed E-state index contributed by atoms with van der Waals surface area (Å²) in [5.41, 5.74) is 19.1. The molecule has 15 nitrogen and oxygen atoms in total. The van der Waals surface area contributed by atoms with Gasteiger partial charge in [-0.15, -0.1) is 0 Å². The predicted molar refractivity (Wildman–Crippen MR) is 241 cm³/mol. The molecular formula is C49H62N6O9. The van der Waals surface area contributed by atoms with Crippen LogP contribution in [0.2, 0.25) is 0 Å². The van der Waals surface area contributed by atoms with E-state index in [0.29, 0.717) is 77.1 Å². The lowest BCUT2D eigenvalue weighted by molar-refractivity contribution is -0.135. The molecule has 4 aromatic rings. The number of anilines is 1. The van der Waals surface area contributed by atoms with Crippen LogP contribution in [0.15, 0.2) is 65.5 Å². The van der Waals surface area contributed by atoms with Crippen LogP contribution in [0.3, 0.4) is 0 Å². The third-order valence-electron chi connectivity index (χ3n) is 13.0. The summed E-state index contributed by atoms with van der Waals surface area (Å²) in [6.45, 7) is 4.68. The molecule has 7 rings (SSSR count). The van der Waals surface area contributed by atoms with Crippen LogP contribution in [0.25, 0.3) is 11.0 Å². The maximum Gasteiger partial charge on any atom is 0.329 e. The number of primary amides is 1. The van der Waals surface area contributed by atoms with E-state index in [1.54, 1.807) is 16.5 Å². The number of para-hydroxylation sites is 2. The van der Waals surface area contributed by atoms with Crippen LogP contribution >= 0.6 is 0 Å². The summed E-state index contributed by atoms with van der Waals surface area (Å²) in [7, 11) is 1.71. The van der Waals surface area contributed by atoms with E-state index in [0.717, 1.165) is 59.1 Å². The molecule has 1 fully saturated rings. The number of carbonyl (C=O) groups excluding carboxylic acids is 5. The number of piperidine rings is 1. The van der Waals surface area contributed by atoms with Crippen LogP contribution in [-0.4, -0.2) is 83.2 Å². The van der Waals surface area contributed by atoms with Gasteiger partial charge < -0.3 is 25.7 Å². The molecule has 0 aliphatic carbocycles. The van der Waals surface area contributed by atoms with Crippen molar-refractivity contribution >= 4 is 46.1 Å². The maximum atomic E-state index is 14.0. The average molecular weight is 879 g/mol. The molecule has 1 unspecified atom stereocenters. The lowest BCUT2D eigenvalue weighted by atomic mass is 9.89. The molecule has 4 amide bonds. The number of imidazole rings is 1. The van der Waals surface area contributed by atoms with Crippen molar-refractivity contribution in [1.29, 1.82) is 0 Å². The topological polar surface area (TPSA) is 207 Å². The minimum Gasteiger partial charge on any atom is -0.381 e. The Kier molecular flexibility index (Phi) is 15.6. The van der Waals surface area contributed by atoms with Gasteiger partial charge in [0.2, 0.25) is 23.6 Å². The monoisotopic (exact) mass is 878 g/mol. The zero-order valence-corrected chi connectivity index (χ0v) is 37.1. The normalized spacial score (nSPS) is 19.4. The number of hydrogen-bond donors (Lipinski definition) is 3. The molecule has 342 valence electrons. The average Bonchev–Trinajstić information content (AvgIpc) is 3.76. The lowest BCUT2D eigenvalue weighted by Gasteiger charge is -2.29. The quantitative estimate of drug-likeness (QED) is 0.0712. The smallest absolute Gasteiger partial charge is 0.329 e. The van der Waals surface area contributed by atoms with Crippen LogP contribution in [0.5, 0.6) is 0 Å². The molecule has 3 aliphatic heterocycles. The summed E-state index contributed by atoms with van der Waals surface area (Å²) in [6.07, 6.45) is 6.58. The summed E-state index contributed by atoms with van der Waals surface area (Å²) in [6, 6.07) is 18.0. The third kappa shape index (κ3) is 10.9. The second kappa shape index (κ2) is 21.5. The van der Waals surface area contributed by atoms with Crippen molar-refractivity contribution in [3.05, 3.63) is 99.0 Å². The SMILES string of the molecule is C[C@@H](OCc1ccc(CCCOCCCOCCCc2cccc3c2n(C)c(=O)n3C2CCC(=O)NC2=O)cc1)[C@H](CCC(N)=O)CC(=O)[C@@H]1Cc2cccc3c2N1C(=O)[C@@H](N)CC3. The van der Waals surface area contributed by atoms with E-state index in [1.165, 1.54) is 10.1 Å². The number of nitrogens with zero attached hydrogens (tertiary/aromatic N) is 3. The van der Waals surface area contributed by atoms with Gasteiger partial charge in [-0.25, -0.2) is 4.79 Å². The minimum atomic E-state index is -0.708. The first-order valence-electron chi connectivity index (χ1n) is 22.8. The Morgan fingerprint density at radius 2 is 1.53 bits per heavy atom. The number of nitrogens with two attached hydrogens (primary N) is 2. The first kappa shape index (κ1) is 46.5. The number of aromatic nitrogens is 2. The van der Waals surface area contributed by atoms with E-state index in [1.807, 2.05) is 55.5 Å². The molecule has 0 saturated carbocycles. The van der Waals surface area contributed by atoms with Crippen molar-refractivity contribution < 1.29 is 38.2 Å². The number of fused-ring (bicyclic) bond motifs is 1. The Bertz CT molecular complexity index is 2390. The fraction of sp³-hybridized carbons (Fsp3) is 0.510. The number of ketones is 1. The molecule has 0 spiro atoms. The van der Waals surface area contributed by atoms with Gasteiger partial charge in [0.05, 0.1) is 41.5 Å². The molecule has 4 heterocycles. The summed E-state index contributed by atoms with van der Waals surface area (Å²) >= 11 is 0. The molecule has 5 N–H and O–H groups in total. The summed E-state index contributed by atoms with van der Waals surface area (Å²) in [4.78, 5) is 78.2. The molecule has 5 atom stereocenters. The van der Waals surface area contributed by atoms with E-state index in [9.17, 15) is 28.8 Å². The molecule has 15 heteroatoms. The minimum absolute atomic E-state index is 0.0622. The highest BCUT2D eigenvalue weighted by atomic mass is 16.5. The number of rotatable bonds is 23. The predicted octanol–water partition coefficient (Wildman–Crippen LogP) is 4.28. The van der Waals surface area contributed by atoms with Crippen molar-refractivity contribution in [2.24, 2.45) is 24.4 Å². The molecular weight excluding hydrogens is 817 g/mol. The lowest BCUT2D eigenvalue weighted by Crippen LogP contribution is -2.50. The van der Waals surface area contributed by atoms with E-state index in [4.69, 9.17) is 25.7 Å². The number of aryl methyl sites for hydroxylation is 4. The van der Waals surface area contributed by atoms with Crippen LogP contribution in [-0.2, 0) is 77.5 Å². The Labute approximate surface area is 373 Å². The van der Waals surface area contributed by atoms with Gasteiger partial charge in [-0.3, -0.25) is 43.3 Å². The number of imide groups is 1. The Balaban J connectivity index is 0.785. The molecule has 3 aromatic carbocycles. The summed E-state index contributed by atoms with van der Waals surface area (Å²) < 4.78 is 21.1.